The molecule has 0 fully saturated rings. The van der Waals surface area contributed by atoms with Gasteiger partial charge in [0.25, 0.3) is 0 Å². The van der Waals surface area contributed by atoms with E-state index in [2.05, 4.69) is 0 Å². The average molecular weight is 783 g/mol. The molecule has 0 aliphatic heterocycles. The second kappa shape index (κ2) is 15.9. The number of benzene rings is 6. The van der Waals surface area contributed by atoms with Gasteiger partial charge in [-0.3, -0.25) is 4.79 Å². The Morgan fingerprint density at radius 1 is 0.411 bits per heavy atom. The van der Waals surface area contributed by atoms with Crippen LogP contribution in [0, 0.1) is 46.5 Å². The van der Waals surface area contributed by atoms with Crippen LogP contribution in [-0.2, 0) is 0 Å². The van der Waals surface area contributed by atoms with Crippen LogP contribution in [-0.4, -0.2) is 34.2 Å². The molecule has 0 radical (unpaired) electrons. The number of carbonyl (C=O) groups is 1. The summed E-state index contributed by atoms with van der Waals surface area (Å²) in [5.74, 6) is -19.4. The Balaban J connectivity index is 1.75. The molecule has 7 nitrogen and oxygen atoms in total. The van der Waals surface area contributed by atoms with Gasteiger partial charge in [0.1, 0.15) is 23.0 Å². The quantitative estimate of drug-likeness (QED) is 0.0695. The second-order valence-corrected chi connectivity index (χ2v) is 11.6. The van der Waals surface area contributed by atoms with E-state index >= 15 is 17.6 Å². The zero-order valence-corrected chi connectivity index (χ0v) is 29.5. The molecular formula is C41H26F8O7. The molecule has 0 heterocycles. The van der Waals surface area contributed by atoms with Gasteiger partial charge in [-0.15, -0.1) is 0 Å². The summed E-state index contributed by atoms with van der Waals surface area (Å²) < 4.78 is 155. The van der Waals surface area contributed by atoms with Crippen molar-refractivity contribution < 1.29 is 68.3 Å². The van der Waals surface area contributed by atoms with E-state index in [1.807, 2.05) is 0 Å². The zero-order valence-electron chi connectivity index (χ0n) is 29.5. The second-order valence-electron chi connectivity index (χ2n) is 11.6. The summed E-state index contributed by atoms with van der Waals surface area (Å²) in [5.41, 5.74) is -5.72. The molecule has 0 bridgehead atoms. The third-order valence-electron chi connectivity index (χ3n) is 8.37. The van der Waals surface area contributed by atoms with Gasteiger partial charge < -0.3 is 28.4 Å². The predicted octanol–water partition coefficient (Wildman–Crippen LogP) is 11.0. The molecule has 0 atom stereocenters. The lowest BCUT2D eigenvalue weighted by atomic mass is 9.91. The van der Waals surface area contributed by atoms with Crippen LogP contribution in [0.1, 0.15) is 15.9 Å². The van der Waals surface area contributed by atoms with Crippen LogP contribution in [0.25, 0.3) is 22.3 Å². The van der Waals surface area contributed by atoms with Crippen LogP contribution in [0.15, 0.2) is 84.9 Å². The monoisotopic (exact) mass is 782 g/mol. The summed E-state index contributed by atoms with van der Waals surface area (Å²) >= 11 is 0. The number of rotatable bonds is 12. The molecule has 0 N–H and O–H groups in total. The molecule has 6 rings (SSSR count). The minimum absolute atomic E-state index is 0.0327. The van der Waals surface area contributed by atoms with Gasteiger partial charge in [-0.1, -0.05) is 36.4 Å². The predicted molar refractivity (Wildman–Crippen MR) is 186 cm³/mol. The van der Waals surface area contributed by atoms with Crippen molar-refractivity contribution in [2.75, 3.05) is 28.4 Å². The summed E-state index contributed by atoms with van der Waals surface area (Å²) in [5, 5.41) is 0. The highest BCUT2D eigenvalue weighted by molar-refractivity contribution is 6.16. The molecule has 0 aliphatic rings. The Kier molecular flexibility index (Phi) is 11.1. The number of halogens is 8. The van der Waals surface area contributed by atoms with E-state index in [1.165, 1.54) is 24.3 Å². The van der Waals surface area contributed by atoms with Gasteiger partial charge in [0.05, 0.1) is 61.8 Å². The lowest BCUT2D eigenvalue weighted by Crippen LogP contribution is -2.12. The standard InChI is InChI=1S/C41H26F8O7/c1-51-38-21(15-27(55-19-11-7-5-8-12-19)40(53-3)31(38)29-33(46)23(42)17-24(43)34(29)47)37(50)22-16-28(56-20-13-9-6-10-14-20)41(54-4)32(39(22)52-2)30-35(48)25(44)18-26(45)36(30)49/h5-18H,1-4H3. The number of ketones is 1. The van der Waals surface area contributed by atoms with Gasteiger partial charge in [-0.05, 0) is 36.4 Å². The van der Waals surface area contributed by atoms with Gasteiger partial charge in [-0.2, -0.15) is 0 Å². The van der Waals surface area contributed by atoms with Gasteiger partial charge >= 0.3 is 0 Å². The number of hydrogen-bond donors (Lipinski definition) is 0. The largest absolute Gasteiger partial charge is 0.495 e. The van der Waals surface area contributed by atoms with Crippen molar-refractivity contribution >= 4 is 5.78 Å². The summed E-state index contributed by atoms with van der Waals surface area (Å²) in [6, 6.07) is 17.3. The molecule has 288 valence electrons. The summed E-state index contributed by atoms with van der Waals surface area (Å²) in [6.45, 7) is 0. The van der Waals surface area contributed by atoms with Crippen molar-refractivity contribution in [1.82, 2.24) is 0 Å². The highest BCUT2D eigenvalue weighted by Crippen LogP contribution is 2.54. The van der Waals surface area contributed by atoms with Gasteiger partial charge in [0.15, 0.2) is 69.5 Å². The van der Waals surface area contributed by atoms with Crippen molar-refractivity contribution in [1.29, 1.82) is 0 Å². The van der Waals surface area contributed by atoms with E-state index < -0.39 is 120 Å². The first-order chi connectivity index (χ1) is 26.9. The van der Waals surface area contributed by atoms with E-state index in [4.69, 9.17) is 28.4 Å². The van der Waals surface area contributed by atoms with Crippen LogP contribution in [0.5, 0.6) is 46.0 Å². The summed E-state index contributed by atoms with van der Waals surface area (Å²) in [7, 11) is 3.99. The fourth-order valence-electron chi connectivity index (χ4n) is 5.98. The molecule has 0 aliphatic carbocycles. The third-order valence-corrected chi connectivity index (χ3v) is 8.37. The van der Waals surface area contributed by atoms with Crippen molar-refractivity contribution in [3.05, 3.63) is 143 Å². The average Bonchev–Trinajstić information content (AvgIpc) is 3.19. The smallest absolute Gasteiger partial charge is 0.200 e. The van der Waals surface area contributed by atoms with Crippen LogP contribution in [0.2, 0.25) is 0 Å². The lowest BCUT2D eigenvalue weighted by molar-refractivity contribution is 0.103. The van der Waals surface area contributed by atoms with Crippen molar-refractivity contribution in [2.45, 2.75) is 0 Å². The third kappa shape index (κ3) is 6.87. The molecule has 0 saturated carbocycles. The minimum Gasteiger partial charge on any atom is -0.495 e. The maximum Gasteiger partial charge on any atom is 0.200 e. The Bertz CT molecular complexity index is 2260. The first-order valence-electron chi connectivity index (χ1n) is 16.1. The number of methoxy groups -OCH3 is 4. The molecule has 0 amide bonds. The number of para-hydroxylation sites is 2. The van der Waals surface area contributed by atoms with E-state index in [-0.39, 0.29) is 23.6 Å². The van der Waals surface area contributed by atoms with Crippen LogP contribution >= 0.6 is 0 Å². The molecule has 0 unspecified atom stereocenters. The number of carbonyl (C=O) groups excluding carboxylic acids is 1. The van der Waals surface area contributed by atoms with Crippen molar-refractivity contribution in [3.63, 3.8) is 0 Å². The van der Waals surface area contributed by atoms with Gasteiger partial charge in [-0.25, -0.2) is 35.1 Å². The summed E-state index contributed by atoms with van der Waals surface area (Å²) in [6.07, 6.45) is 0. The van der Waals surface area contributed by atoms with Gasteiger partial charge in [0, 0.05) is 12.1 Å². The van der Waals surface area contributed by atoms with Gasteiger partial charge in [0.2, 0.25) is 5.78 Å². The van der Waals surface area contributed by atoms with Crippen LogP contribution < -0.4 is 28.4 Å². The number of hydrogen-bond acceptors (Lipinski definition) is 7. The molecule has 0 spiro atoms. The van der Waals surface area contributed by atoms with Crippen molar-refractivity contribution in [3.8, 4) is 68.2 Å². The Hall–Kier alpha value is -6.77. The maximum atomic E-state index is 15.6. The normalized spacial score (nSPS) is 10.9. The topological polar surface area (TPSA) is 72.5 Å². The Morgan fingerprint density at radius 2 is 0.714 bits per heavy atom. The number of ether oxygens (including phenoxy) is 6. The van der Waals surface area contributed by atoms with Crippen LogP contribution in [0.3, 0.4) is 0 Å². The van der Waals surface area contributed by atoms with E-state index in [1.54, 1.807) is 36.4 Å². The SMILES string of the molecule is COc1c(Oc2ccccc2)cc(C(=O)c2cc(Oc3ccccc3)c(OC)c(-c3c(F)c(F)cc(F)c3F)c2OC)c(OC)c1-c1c(F)c(F)cc(F)c1F. The van der Waals surface area contributed by atoms with E-state index in [9.17, 15) is 22.4 Å². The van der Waals surface area contributed by atoms with E-state index in [0.717, 1.165) is 40.6 Å². The molecule has 56 heavy (non-hydrogen) atoms. The molecule has 15 heteroatoms. The molecular weight excluding hydrogens is 756 g/mol. The molecule has 6 aromatic carbocycles. The minimum atomic E-state index is -1.90. The summed E-state index contributed by atoms with van der Waals surface area (Å²) in [4.78, 5) is 15.0. The maximum absolute atomic E-state index is 15.6. The van der Waals surface area contributed by atoms with Crippen LogP contribution in [0.4, 0.5) is 35.1 Å². The van der Waals surface area contributed by atoms with E-state index in [0.29, 0.717) is 0 Å². The lowest BCUT2D eigenvalue weighted by Gasteiger charge is -2.23. The fourth-order valence-corrected chi connectivity index (χ4v) is 5.98. The molecule has 6 aromatic rings. The van der Waals surface area contributed by atoms with Crippen molar-refractivity contribution in [2.24, 2.45) is 0 Å². The Labute approximate surface area is 313 Å². The fraction of sp³-hybridized carbons (Fsp3) is 0.0976. The first kappa shape index (κ1) is 38.9. The zero-order chi connectivity index (χ0) is 40.4. The molecule has 0 aromatic heterocycles. The highest BCUT2D eigenvalue weighted by atomic mass is 19.2. The molecule has 0 saturated heterocycles. The Morgan fingerprint density at radius 3 is 1.00 bits per heavy atom. The first-order valence-corrected chi connectivity index (χ1v) is 16.1. The highest BCUT2D eigenvalue weighted by Gasteiger charge is 2.36.